The summed E-state index contributed by atoms with van der Waals surface area (Å²) in [5.41, 5.74) is 1.96. The van der Waals surface area contributed by atoms with Crippen molar-refractivity contribution in [2.75, 3.05) is 25.0 Å². The van der Waals surface area contributed by atoms with Gasteiger partial charge in [-0.1, -0.05) is 28.1 Å². The van der Waals surface area contributed by atoms with E-state index in [1.165, 1.54) is 4.88 Å². The van der Waals surface area contributed by atoms with Gasteiger partial charge in [0.25, 0.3) is 0 Å². The molecule has 0 radical (unpaired) electrons. The van der Waals surface area contributed by atoms with E-state index in [2.05, 4.69) is 37.6 Å². The molecule has 0 spiro atoms. The minimum absolute atomic E-state index is 0.00491. The maximum Gasteiger partial charge on any atom is 0.238 e. The van der Waals surface area contributed by atoms with Crippen molar-refractivity contribution >= 4 is 38.9 Å². The molecule has 4 nitrogen and oxygen atoms in total. The number of hydrogen-bond acceptors (Lipinski definition) is 4. The summed E-state index contributed by atoms with van der Waals surface area (Å²) in [5, 5.41) is 5.07. The van der Waals surface area contributed by atoms with Gasteiger partial charge in [-0.3, -0.25) is 9.69 Å². The molecule has 6 heteroatoms. The number of nitrogens with zero attached hydrogens (tertiary/aromatic N) is 1. The van der Waals surface area contributed by atoms with Gasteiger partial charge in [0.2, 0.25) is 5.91 Å². The Morgan fingerprint density at radius 1 is 1.44 bits per heavy atom. The monoisotopic (exact) mass is 422 g/mol. The number of ether oxygens (including phenoxy) is 1. The Balaban J connectivity index is 1.61. The predicted molar refractivity (Wildman–Crippen MR) is 106 cm³/mol. The lowest BCUT2D eigenvalue weighted by molar-refractivity contribution is -0.117. The number of rotatable bonds is 7. The number of halogens is 1. The smallest absolute Gasteiger partial charge is 0.238 e. The maximum absolute atomic E-state index is 12.5. The van der Waals surface area contributed by atoms with Gasteiger partial charge >= 0.3 is 0 Å². The van der Waals surface area contributed by atoms with Crippen molar-refractivity contribution in [3.8, 4) is 0 Å². The van der Waals surface area contributed by atoms with E-state index in [4.69, 9.17) is 4.74 Å². The number of aryl methyl sites for hydroxylation is 1. The van der Waals surface area contributed by atoms with E-state index in [0.29, 0.717) is 6.54 Å². The summed E-state index contributed by atoms with van der Waals surface area (Å²) in [6.07, 6.45) is 2.43. The molecule has 0 aliphatic carbocycles. The summed E-state index contributed by atoms with van der Waals surface area (Å²) in [6, 6.07) is 10.0. The highest BCUT2D eigenvalue weighted by atomic mass is 79.9. The fourth-order valence-electron chi connectivity index (χ4n) is 2.96. The summed E-state index contributed by atoms with van der Waals surface area (Å²) in [4.78, 5) is 16.0. The average Bonchev–Trinajstić information content (AvgIpc) is 3.25. The molecule has 0 bridgehead atoms. The van der Waals surface area contributed by atoms with Crippen LogP contribution in [0.3, 0.4) is 0 Å². The van der Waals surface area contributed by atoms with Crippen LogP contribution in [0.15, 0.2) is 40.2 Å². The highest BCUT2D eigenvalue weighted by Crippen LogP contribution is 2.21. The van der Waals surface area contributed by atoms with Crippen molar-refractivity contribution in [3.63, 3.8) is 0 Å². The number of thiophene rings is 1. The fraction of sp³-hybridized carbons (Fsp3) is 0.421. The van der Waals surface area contributed by atoms with Gasteiger partial charge in [-0.15, -0.1) is 11.3 Å². The van der Waals surface area contributed by atoms with Crippen molar-refractivity contribution in [2.45, 2.75) is 32.4 Å². The second-order valence-electron chi connectivity index (χ2n) is 6.40. The molecule has 25 heavy (non-hydrogen) atoms. The van der Waals surface area contributed by atoms with Crippen LogP contribution in [0.1, 0.15) is 23.3 Å². The van der Waals surface area contributed by atoms with Crippen LogP contribution in [0, 0.1) is 6.92 Å². The van der Waals surface area contributed by atoms with Crippen LogP contribution in [-0.2, 0) is 16.1 Å². The third-order valence-corrected chi connectivity index (χ3v) is 5.98. The Labute approximate surface area is 161 Å². The Hall–Kier alpha value is -1.21. The van der Waals surface area contributed by atoms with Crippen molar-refractivity contribution < 1.29 is 9.53 Å². The van der Waals surface area contributed by atoms with Crippen LogP contribution in [0.2, 0.25) is 0 Å². The highest BCUT2D eigenvalue weighted by molar-refractivity contribution is 9.10. The molecule has 1 atom stereocenters. The number of hydrogen-bond donors (Lipinski definition) is 1. The fourth-order valence-corrected chi connectivity index (χ4v) is 4.08. The van der Waals surface area contributed by atoms with Crippen LogP contribution < -0.4 is 5.32 Å². The molecule has 1 N–H and O–H groups in total. The molecule has 0 unspecified atom stereocenters. The van der Waals surface area contributed by atoms with E-state index in [-0.39, 0.29) is 12.0 Å². The minimum Gasteiger partial charge on any atom is -0.377 e. The molecular formula is C19H23BrN2O2S. The van der Waals surface area contributed by atoms with Gasteiger partial charge in [0.1, 0.15) is 0 Å². The second kappa shape index (κ2) is 8.94. The molecule has 1 amide bonds. The summed E-state index contributed by atoms with van der Waals surface area (Å²) in [7, 11) is 0. The van der Waals surface area contributed by atoms with Crippen molar-refractivity contribution in [2.24, 2.45) is 0 Å². The van der Waals surface area contributed by atoms with E-state index in [1.807, 2.05) is 31.2 Å². The number of nitrogens with one attached hydrogen (secondary N) is 1. The lowest BCUT2D eigenvalue weighted by Gasteiger charge is -2.24. The summed E-state index contributed by atoms with van der Waals surface area (Å²) in [6.45, 7) is 4.80. The average molecular weight is 423 g/mol. The molecule has 1 aromatic carbocycles. The summed E-state index contributed by atoms with van der Waals surface area (Å²) >= 11 is 5.23. The number of carbonyl (C=O) groups excluding carboxylic acids is 1. The Kier molecular flexibility index (Phi) is 6.64. The second-order valence-corrected chi connectivity index (χ2v) is 8.28. The van der Waals surface area contributed by atoms with Crippen molar-refractivity contribution in [1.82, 2.24) is 4.90 Å². The van der Waals surface area contributed by atoms with E-state index in [0.717, 1.165) is 48.3 Å². The number of anilines is 1. The van der Waals surface area contributed by atoms with Gasteiger partial charge in [0.05, 0.1) is 12.6 Å². The van der Waals surface area contributed by atoms with Crippen LogP contribution in [0.4, 0.5) is 5.69 Å². The van der Waals surface area contributed by atoms with Crippen molar-refractivity contribution in [1.29, 1.82) is 0 Å². The molecular weight excluding hydrogens is 400 g/mol. The minimum atomic E-state index is 0.00491. The van der Waals surface area contributed by atoms with E-state index in [1.54, 1.807) is 11.3 Å². The number of carbonyl (C=O) groups is 1. The first kappa shape index (κ1) is 18.6. The molecule has 3 rings (SSSR count). The zero-order chi connectivity index (χ0) is 17.6. The number of benzene rings is 1. The standard InChI is InChI=1S/C19H23BrN2O2S/c1-14-6-7-15(10-18(14)20)21-19(23)13-22(11-16-4-2-8-24-16)12-17-5-3-9-25-17/h3,5-7,9-10,16H,2,4,8,11-13H2,1H3,(H,21,23)/t16-/m0/s1. The zero-order valence-corrected chi connectivity index (χ0v) is 16.7. The van der Waals surface area contributed by atoms with Crippen LogP contribution >= 0.6 is 27.3 Å². The third kappa shape index (κ3) is 5.64. The maximum atomic E-state index is 12.5. The molecule has 2 aromatic rings. The topological polar surface area (TPSA) is 41.6 Å². The van der Waals surface area contributed by atoms with Crippen LogP contribution in [0.25, 0.3) is 0 Å². The third-order valence-electron chi connectivity index (χ3n) is 4.27. The SMILES string of the molecule is Cc1ccc(NC(=O)CN(Cc2cccs2)C[C@@H]2CCCO2)cc1Br. The predicted octanol–water partition coefficient (Wildman–Crippen LogP) is 4.44. The molecule has 2 heterocycles. The van der Waals surface area contributed by atoms with Gasteiger partial charge in [-0.2, -0.15) is 0 Å². The first-order valence-corrected chi connectivity index (χ1v) is 10.2. The molecule has 134 valence electrons. The summed E-state index contributed by atoms with van der Waals surface area (Å²) in [5.74, 6) is 0.00491. The van der Waals surface area contributed by atoms with Gasteiger partial charge in [-0.25, -0.2) is 0 Å². The first-order chi connectivity index (χ1) is 12.1. The van der Waals surface area contributed by atoms with E-state index < -0.39 is 0 Å². The lowest BCUT2D eigenvalue weighted by atomic mass is 10.2. The Bertz CT molecular complexity index is 699. The highest BCUT2D eigenvalue weighted by Gasteiger charge is 2.21. The summed E-state index contributed by atoms with van der Waals surface area (Å²) < 4.78 is 6.76. The lowest BCUT2D eigenvalue weighted by Crippen LogP contribution is -2.37. The van der Waals surface area contributed by atoms with Crippen LogP contribution in [-0.4, -0.2) is 36.6 Å². The Morgan fingerprint density at radius 2 is 2.32 bits per heavy atom. The normalized spacial score (nSPS) is 17.2. The van der Waals surface area contributed by atoms with Gasteiger partial charge in [-0.05, 0) is 48.9 Å². The molecule has 1 aliphatic rings. The first-order valence-electron chi connectivity index (χ1n) is 8.52. The largest absolute Gasteiger partial charge is 0.377 e. The van der Waals surface area contributed by atoms with Crippen molar-refractivity contribution in [3.05, 3.63) is 50.6 Å². The van der Waals surface area contributed by atoms with Gasteiger partial charge in [0.15, 0.2) is 0 Å². The molecule has 1 saturated heterocycles. The molecule has 1 aliphatic heterocycles. The molecule has 1 fully saturated rings. The van der Waals surface area contributed by atoms with Crippen LogP contribution in [0.5, 0.6) is 0 Å². The van der Waals surface area contributed by atoms with E-state index >= 15 is 0 Å². The molecule has 1 aromatic heterocycles. The van der Waals surface area contributed by atoms with E-state index in [9.17, 15) is 4.79 Å². The zero-order valence-electron chi connectivity index (χ0n) is 14.3. The number of amides is 1. The Morgan fingerprint density at radius 3 is 3.00 bits per heavy atom. The van der Waals surface area contributed by atoms with Gasteiger partial charge in [0, 0.05) is 34.7 Å². The molecule has 0 saturated carbocycles. The quantitative estimate of drug-likeness (QED) is 0.716. The van der Waals surface area contributed by atoms with Gasteiger partial charge < -0.3 is 10.1 Å².